The quantitative estimate of drug-likeness (QED) is 0.639. The van der Waals surface area contributed by atoms with E-state index in [-0.39, 0.29) is 0 Å². The average Bonchev–Trinajstić information content (AvgIpc) is 2.85. The van der Waals surface area contributed by atoms with Gasteiger partial charge >= 0.3 is 0 Å². The fourth-order valence-corrected chi connectivity index (χ4v) is 9.75. The van der Waals surface area contributed by atoms with E-state index >= 15 is 0 Å². The van der Waals surface area contributed by atoms with Gasteiger partial charge in [-0.25, -0.2) is 0 Å². The Hall–Kier alpha value is -1.90. The van der Waals surface area contributed by atoms with E-state index in [4.69, 9.17) is 0 Å². The SMILES string of the molecule is CC1=C(C)C([Si](C)(C)C(O)(c2ccccc2)c2ccccc2)C(C)=C1C. The molecule has 0 saturated carbocycles. The zero-order chi connectivity index (χ0) is 19.1. The third-order valence-electron chi connectivity index (χ3n) is 6.65. The minimum atomic E-state index is -2.28. The highest BCUT2D eigenvalue weighted by atomic mass is 28.3. The van der Waals surface area contributed by atoms with Crippen LogP contribution in [0.25, 0.3) is 0 Å². The lowest BCUT2D eigenvalue weighted by Gasteiger charge is -2.47. The smallest absolute Gasteiger partial charge is 0.108 e. The summed E-state index contributed by atoms with van der Waals surface area (Å²) in [6.45, 7) is 13.6. The molecule has 1 N–H and O–H groups in total. The number of hydrogen-bond acceptors (Lipinski definition) is 1. The number of allylic oxidation sites excluding steroid dienone is 4. The van der Waals surface area contributed by atoms with Gasteiger partial charge in [-0.2, -0.15) is 0 Å². The standard InChI is InChI=1S/C24H30OSi/c1-17-18(2)20(4)23(19(17)3)26(5,6)24(25,21-13-9-7-10-14-21)22-15-11-8-12-16-22/h7-16,23,25H,1-6H3. The van der Waals surface area contributed by atoms with Crippen LogP contribution in [0.4, 0.5) is 0 Å². The van der Waals surface area contributed by atoms with E-state index in [0.29, 0.717) is 5.54 Å². The molecule has 0 amide bonds. The van der Waals surface area contributed by atoms with Crippen molar-refractivity contribution in [3.8, 4) is 0 Å². The van der Waals surface area contributed by atoms with E-state index in [1.807, 2.05) is 36.4 Å². The Bertz CT molecular complexity index is 796. The zero-order valence-corrected chi connectivity index (χ0v) is 17.8. The third kappa shape index (κ3) is 2.63. The maximum Gasteiger partial charge on any atom is 0.108 e. The van der Waals surface area contributed by atoms with Crippen LogP contribution in [-0.4, -0.2) is 13.2 Å². The summed E-state index contributed by atoms with van der Waals surface area (Å²) in [6, 6.07) is 20.5. The molecule has 3 rings (SSSR count). The molecule has 0 saturated heterocycles. The van der Waals surface area contributed by atoms with E-state index in [9.17, 15) is 5.11 Å². The summed E-state index contributed by atoms with van der Waals surface area (Å²) >= 11 is 0. The lowest BCUT2D eigenvalue weighted by molar-refractivity contribution is 0.156. The van der Waals surface area contributed by atoms with E-state index in [1.54, 1.807) is 0 Å². The molecule has 2 heteroatoms. The molecule has 26 heavy (non-hydrogen) atoms. The Morgan fingerprint density at radius 3 is 1.38 bits per heavy atom. The molecule has 0 aliphatic heterocycles. The van der Waals surface area contributed by atoms with Crippen molar-refractivity contribution in [1.29, 1.82) is 0 Å². The second-order valence-electron chi connectivity index (χ2n) is 8.21. The number of benzene rings is 2. The van der Waals surface area contributed by atoms with Crippen molar-refractivity contribution in [3.05, 3.63) is 94.1 Å². The van der Waals surface area contributed by atoms with Crippen LogP contribution < -0.4 is 0 Å². The molecular weight excluding hydrogens is 332 g/mol. The molecule has 0 heterocycles. The summed E-state index contributed by atoms with van der Waals surface area (Å²) in [4.78, 5) is 0. The predicted molar refractivity (Wildman–Crippen MR) is 114 cm³/mol. The second-order valence-corrected chi connectivity index (χ2v) is 13.0. The van der Waals surface area contributed by atoms with E-state index < -0.39 is 13.3 Å². The average molecular weight is 363 g/mol. The van der Waals surface area contributed by atoms with E-state index in [0.717, 1.165) is 11.1 Å². The Kier molecular flexibility index (Phi) is 4.85. The van der Waals surface area contributed by atoms with Gasteiger partial charge in [0, 0.05) is 5.54 Å². The Labute approximate surface area is 159 Å². The molecule has 1 nitrogen and oxygen atoms in total. The van der Waals surface area contributed by atoms with Gasteiger partial charge < -0.3 is 5.11 Å². The summed E-state index contributed by atoms with van der Waals surface area (Å²) in [5, 5.41) is 11.4. The molecule has 0 radical (unpaired) electrons. The molecule has 0 bridgehead atoms. The van der Waals surface area contributed by atoms with E-state index in [2.05, 4.69) is 65.1 Å². The van der Waals surface area contributed by atoms with Crippen molar-refractivity contribution < 1.29 is 5.11 Å². The van der Waals surface area contributed by atoms with E-state index in [1.165, 1.54) is 22.3 Å². The number of rotatable bonds is 4. The molecule has 2 aromatic carbocycles. The summed E-state index contributed by atoms with van der Waals surface area (Å²) in [6.07, 6.45) is 0. The molecular formula is C24H30OSi. The summed E-state index contributed by atoms with van der Waals surface area (Å²) in [7, 11) is -2.28. The van der Waals surface area contributed by atoms with Gasteiger partial charge in [0.05, 0.1) is 0 Å². The van der Waals surface area contributed by atoms with Gasteiger partial charge in [0.2, 0.25) is 0 Å². The first-order valence-corrected chi connectivity index (χ1v) is 12.5. The molecule has 136 valence electrons. The van der Waals surface area contributed by atoms with Crippen molar-refractivity contribution >= 4 is 8.07 Å². The van der Waals surface area contributed by atoms with Crippen LogP contribution in [-0.2, 0) is 5.22 Å². The fraction of sp³-hybridized carbons (Fsp3) is 0.333. The molecule has 1 aliphatic rings. The predicted octanol–water partition coefficient (Wildman–Crippen LogP) is 6.23. The van der Waals surface area contributed by atoms with Crippen LogP contribution in [0.15, 0.2) is 83.0 Å². The van der Waals surface area contributed by atoms with Crippen molar-refractivity contribution in [2.75, 3.05) is 0 Å². The zero-order valence-electron chi connectivity index (χ0n) is 16.8. The van der Waals surface area contributed by atoms with Crippen LogP contribution in [0, 0.1) is 0 Å². The van der Waals surface area contributed by atoms with Gasteiger partial charge in [-0.05, 0) is 50.0 Å². The Balaban J connectivity index is 2.26. The molecule has 0 aromatic heterocycles. The molecule has 1 aliphatic carbocycles. The maximum absolute atomic E-state index is 12.4. The monoisotopic (exact) mass is 362 g/mol. The van der Waals surface area contributed by atoms with Crippen molar-refractivity contribution in [3.63, 3.8) is 0 Å². The minimum Gasteiger partial charge on any atom is -0.384 e. The third-order valence-corrected chi connectivity index (χ3v) is 11.4. The van der Waals surface area contributed by atoms with Gasteiger partial charge in [-0.1, -0.05) is 84.9 Å². The van der Waals surface area contributed by atoms with Crippen molar-refractivity contribution in [2.24, 2.45) is 0 Å². The van der Waals surface area contributed by atoms with Crippen LogP contribution in [0.3, 0.4) is 0 Å². The van der Waals surface area contributed by atoms with Crippen LogP contribution in [0.1, 0.15) is 38.8 Å². The normalized spacial score (nSPS) is 16.6. The fourth-order valence-electron chi connectivity index (χ4n) is 4.91. The second kappa shape index (κ2) is 6.68. The number of hydrogen-bond donors (Lipinski definition) is 1. The molecule has 0 spiro atoms. The molecule has 2 aromatic rings. The molecule has 0 atom stereocenters. The topological polar surface area (TPSA) is 20.2 Å². The van der Waals surface area contributed by atoms with Gasteiger partial charge in [0.1, 0.15) is 13.3 Å². The first-order chi connectivity index (χ1) is 12.2. The highest BCUT2D eigenvalue weighted by Crippen LogP contribution is 2.53. The first-order valence-electron chi connectivity index (χ1n) is 9.41. The summed E-state index contributed by atoms with van der Waals surface area (Å²) in [5.74, 6) is 0. The highest BCUT2D eigenvalue weighted by molar-refractivity contribution is 6.83. The lowest BCUT2D eigenvalue weighted by atomic mass is 10.0. The maximum atomic E-state index is 12.4. The van der Waals surface area contributed by atoms with Gasteiger partial charge in [-0.15, -0.1) is 0 Å². The van der Waals surface area contributed by atoms with Gasteiger partial charge in [0.15, 0.2) is 0 Å². The summed E-state index contributed by atoms with van der Waals surface area (Å²) in [5.41, 5.74) is 8.02. The molecule has 0 unspecified atom stereocenters. The Morgan fingerprint density at radius 1 is 0.692 bits per heavy atom. The lowest BCUT2D eigenvalue weighted by Crippen LogP contribution is -2.56. The van der Waals surface area contributed by atoms with Gasteiger partial charge in [0.25, 0.3) is 0 Å². The largest absolute Gasteiger partial charge is 0.384 e. The molecule has 0 fully saturated rings. The van der Waals surface area contributed by atoms with Crippen molar-refractivity contribution in [2.45, 2.75) is 51.6 Å². The Morgan fingerprint density at radius 2 is 1.04 bits per heavy atom. The van der Waals surface area contributed by atoms with Gasteiger partial charge in [-0.3, -0.25) is 0 Å². The van der Waals surface area contributed by atoms with Crippen LogP contribution in [0.2, 0.25) is 18.6 Å². The number of aliphatic hydroxyl groups is 1. The van der Waals surface area contributed by atoms with Crippen molar-refractivity contribution in [1.82, 2.24) is 0 Å². The minimum absolute atomic E-state index is 0.341. The highest BCUT2D eigenvalue weighted by Gasteiger charge is 2.54. The first kappa shape index (κ1) is 18.9. The van der Waals surface area contributed by atoms with Crippen LogP contribution in [0.5, 0.6) is 0 Å². The summed E-state index contributed by atoms with van der Waals surface area (Å²) < 4.78 is 0. The van der Waals surface area contributed by atoms with Crippen LogP contribution >= 0.6 is 0 Å².